The number of phosphoric acid groups is 1. The van der Waals surface area contributed by atoms with Crippen molar-refractivity contribution < 1.29 is 33.3 Å². The Hall–Kier alpha value is -4.43. The van der Waals surface area contributed by atoms with Crippen LogP contribution >= 0.6 is 41.0 Å². The van der Waals surface area contributed by atoms with Gasteiger partial charge in [0, 0.05) is 62.7 Å². The lowest BCUT2D eigenvalue weighted by molar-refractivity contribution is -0.115. The van der Waals surface area contributed by atoms with Crippen molar-refractivity contribution in [1.29, 1.82) is 0 Å². The van der Waals surface area contributed by atoms with Gasteiger partial charge in [-0.25, -0.2) is 4.57 Å². The van der Waals surface area contributed by atoms with E-state index < -0.39 is 13.9 Å². The smallest absolute Gasteiger partial charge is 0.404 e. The van der Waals surface area contributed by atoms with E-state index in [9.17, 15) is 28.7 Å². The van der Waals surface area contributed by atoms with Crippen molar-refractivity contribution in [2.75, 3.05) is 33.4 Å². The zero-order chi connectivity index (χ0) is 35.9. The summed E-state index contributed by atoms with van der Waals surface area (Å²) in [5.74, 6) is -0.0194. The maximum atomic E-state index is 14.1. The summed E-state index contributed by atoms with van der Waals surface area (Å²) in [5, 5.41) is 8.47. The molecule has 4 aromatic carbocycles. The first-order valence-corrected chi connectivity index (χ1v) is 20.5. The van der Waals surface area contributed by atoms with Crippen LogP contribution in [-0.4, -0.2) is 61.4 Å². The lowest BCUT2D eigenvalue weighted by atomic mass is 10.0. The topological polar surface area (TPSA) is 177 Å². The standard InChI is InChI=1S/C35H31ClN5O7PS2/c1-50-51-11-10-33(42)37-21-6-8-27-19(12-21)14-29(39-27)34(43)38-22-7-9-28-20(13-22)15-30(40-28)35(44)41-23(18-36)16-26-24-4-2-3-5-25(24)32(17-31(26)41)48-49(45,46)47/h2-9,12-15,17,23,39-40H,10-11,16,18H2,1H3,(H,37,42)(H,38,43)(H2,45,46,47)/t23-/m0/s1. The number of nitrogens with one attached hydrogen (secondary N) is 4. The quantitative estimate of drug-likeness (QED) is 0.0335. The monoisotopic (exact) mass is 763 g/mol. The number of rotatable bonds is 11. The van der Waals surface area contributed by atoms with Crippen LogP contribution in [0.3, 0.4) is 0 Å². The molecule has 1 aliphatic heterocycles. The molecule has 6 aromatic rings. The highest BCUT2D eigenvalue weighted by atomic mass is 35.5. The highest BCUT2D eigenvalue weighted by Crippen LogP contribution is 2.47. The summed E-state index contributed by atoms with van der Waals surface area (Å²) in [4.78, 5) is 66.6. The summed E-state index contributed by atoms with van der Waals surface area (Å²) in [6.45, 7) is 0. The third-order valence-corrected chi connectivity index (χ3v) is 11.2. The lowest BCUT2D eigenvalue weighted by Gasteiger charge is -2.24. The molecule has 262 valence electrons. The van der Waals surface area contributed by atoms with Gasteiger partial charge in [0.15, 0.2) is 0 Å². The van der Waals surface area contributed by atoms with Crippen LogP contribution in [0.1, 0.15) is 33.0 Å². The fourth-order valence-electron chi connectivity index (χ4n) is 6.37. The minimum atomic E-state index is -4.90. The van der Waals surface area contributed by atoms with Crippen LogP contribution in [0, 0.1) is 0 Å². The van der Waals surface area contributed by atoms with Gasteiger partial charge in [-0.05, 0) is 72.2 Å². The molecular formula is C35H31ClN5O7PS2. The van der Waals surface area contributed by atoms with Gasteiger partial charge in [0.1, 0.15) is 17.1 Å². The molecule has 2 aromatic heterocycles. The van der Waals surface area contributed by atoms with Gasteiger partial charge in [-0.2, -0.15) is 0 Å². The van der Waals surface area contributed by atoms with Crippen LogP contribution < -0.4 is 20.1 Å². The molecule has 0 unspecified atom stereocenters. The van der Waals surface area contributed by atoms with Crippen molar-refractivity contribution >= 4 is 108 Å². The summed E-state index contributed by atoms with van der Waals surface area (Å²) in [7, 11) is -1.66. The van der Waals surface area contributed by atoms with Crippen LogP contribution in [-0.2, 0) is 15.8 Å². The number of amides is 3. The maximum Gasteiger partial charge on any atom is 0.524 e. The van der Waals surface area contributed by atoms with Crippen molar-refractivity contribution in [2.24, 2.45) is 0 Å². The molecule has 51 heavy (non-hydrogen) atoms. The zero-order valence-corrected chi connectivity index (χ0v) is 30.2. The number of fused-ring (bicyclic) bond motifs is 5. The van der Waals surface area contributed by atoms with Gasteiger partial charge in [-0.15, -0.1) is 11.6 Å². The number of aromatic amines is 2. The van der Waals surface area contributed by atoms with Crippen molar-refractivity contribution in [3.63, 3.8) is 0 Å². The number of anilines is 3. The van der Waals surface area contributed by atoms with Gasteiger partial charge in [0.2, 0.25) is 5.91 Å². The summed E-state index contributed by atoms with van der Waals surface area (Å²) in [5.41, 5.74) is 4.44. The molecule has 0 aliphatic carbocycles. The SMILES string of the molecule is CSSCCC(=O)Nc1ccc2[nH]c(C(=O)Nc3ccc4[nH]c(C(=O)N5c6cc(OP(=O)(O)O)c7ccccc7c6C[C@H]5CCl)cc4c3)cc2c1. The van der Waals surface area contributed by atoms with Gasteiger partial charge in [0.05, 0.1) is 11.7 Å². The largest absolute Gasteiger partial charge is 0.524 e. The van der Waals surface area contributed by atoms with Crippen molar-refractivity contribution in [1.82, 2.24) is 9.97 Å². The van der Waals surface area contributed by atoms with Crippen molar-refractivity contribution in [2.45, 2.75) is 18.9 Å². The van der Waals surface area contributed by atoms with Gasteiger partial charge in [0.25, 0.3) is 11.8 Å². The van der Waals surface area contributed by atoms with Gasteiger partial charge in [-0.1, -0.05) is 45.9 Å². The molecule has 12 nitrogen and oxygen atoms in total. The fraction of sp³-hybridized carbons (Fsp3) is 0.171. The Morgan fingerprint density at radius 3 is 2.24 bits per heavy atom. The van der Waals surface area contributed by atoms with Crippen LogP contribution in [0.2, 0.25) is 0 Å². The van der Waals surface area contributed by atoms with E-state index in [1.807, 2.05) is 30.5 Å². The van der Waals surface area contributed by atoms with Crippen molar-refractivity contribution in [3.05, 3.63) is 95.8 Å². The van der Waals surface area contributed by atoms with Crippen LogP contribution in [0.15, 0.2) is 78.9 Å². The highest BCUT2D eigenvalue weighted by Gasteiger charge is 2.37. The molecule has 0 saturated heterocycles. The van der Waals surface area contributed by atoms with Crippen LogP contribution in [0.5, 0.6) is 5.75 Å². The molecule has 0 bridgehead atoms. The number of hydrogen-bond acceptors (Lipinski definition) is 7. The third-order valence-electron chi connectivity index (χ3n) is 8.56. The zero-order valence-electron chi connectivity index (χ0n) is 26.9. The fourth-order valence-corrected chi connectivity index (χ4v) is 8.21. The number of carbonyl (C=O) groups excluding carboxylic acids is 3. The predicted octanol–water partition coefficient (Wildman–Crippen LogP) is 7.68. The van der Waals surface area contributed by atoms with E-state index in [2.05, 4.69) is 20.6 Å². The molecule has 3 heterocycles. The first-order valence-electron chi connectivity index (χ1n) is 15.7. The second-order valence-corrected chi connectivity index (χ2v) is 16.1. The molecule has 0 radical (unpaired) electrons. The van der Waals surface area contributed by atoms with Gasteiger partial charge in [-0.3, -0.25) is 24.2 Å². The van der Waals surface area contributed by atoms with E-state index in [-0.39, 0.29) is 35.0 Å². The molecule has 3 amide bonds. The Morgan fingerprint density at radius 2 is 1.57 bits per heavy atom. The van der Waals surface area contributed by atoms with Gasteiger partial charge < -0.3 is 30.0 Å². The number of hydrogen-bond donors (Lipinski definition) is 6. The maximum absolute atomic E-state index is 14.1. The number of aromatic nitrogens is 2. The van der Waals surface area contributed by atoms with Crippen LogP contribution in [0.4, 0.5) is 17.1 Å². The first-order chi connectivity index (χ1) is 24.5. The molecule has 1 atom stereocenters. The van der Waals surface area contributed by atoms with Gasteiger partial charge >= 0.3 is 7.82 Å². The van der Waals surface area contributed by atoms with Crippen LogP contribution in [0.25, 0.3) is 32.6 Å². The lowest BCUT2D eigenvalue weighted by Crippen LogP contribution is -2.39. The number of nitrogens with zero attached hydrogens (tertiary/aromatic N) is 1. The molecule has 0 spiro atoms. The summed E-state index contributed by atoms with van der Waals surface area (Å²) in [6, 6.07) is 22.2. The third kappa shape index (κ3) is 7.34. The minimum Gasteiger partial charge on any atom is -0.404 e. The Balaban J connectivity index is 1.11. The summed E-state index contributed by atoms with van der Waals surface area (Å²) < 4.78 is 16.9. The van der Waals surface area contributed by atoms with E-state index in [0.717, 1.165) is 22.2 Å². The molecule has 7 rings (SSSR count). The average molecular weight is 764 g/mol. The molecule has 1 aliphatic rings. The molecule has 0 saturated carbocycles. The Labute approximate surface area is 304 Å². The highest BCUT2D eigenvalue weighted by molar-refractivity contribution is 8.76. The second kappa shape index (κ2) is 14.3. The summed E-state index contributed by atoms with van der Waals surface area (Å²) >= 11 is 6.37. The number of halogens is 1. The number of H-pyrrole nitrogens is 2. The van der Waals surface area contributed by atoms with E-state index in [0.29, 0.717) is 57.3 Å². The van der Waals surface area contributed by atoms with Crippen molar-refractivity contribution in [3.8, 4) is 5.75 Å². The van der Waals surface area contributed by atoms with E-state index >= 15 is 0 Å². The second-order valence-electron chi connectivity index (χ2n) is 11.9. The number of alkyl halides is 1. The Bertz CT molecular complexity index is 2390. The van der Waals surface area contributed by atoms with E-state index in [1.54, 1.807) is 70.1 Å². The Morgan fingerprint density at radius 1 is 0.922 bits per heavy atom. The molecular weight excluding hydrogens is 733 g/mol. The molecule has 6 N–H and O–H groups in total. The molecule has 0 fully saturated rings. The van der Waals surface area contributed by atoms with E-state index in [1.165, 1.54) is 11.0 Å². The normalized spacial score (nSPS) is 14.3. The summed E-state index contributed by atoms with van der Waals surface area (Å²) in [6.07, 6.45) is 2.82. The average Bonchev–Trinajstić information content (AvgIpc) is 3.82. The first kappa shape index (κ1) is 35.0. The number of carbonyl (C=O) groups is 3. The van der Waals surface area contributed by atoms with E-state index in [4.69, 9.17) is 16.1 Å². The predicted molar refractivity (Wildman–Crippen MR) is 205 cm³/mol. The Kier molecular flexibility index (Phi) is 9.81. The molecule has 16 heteroatoms. The minimum absolute atomic E-state index is 0.0405. The number of benzene rings is 4. The number of phosphoric ester groups is 1.